The lowest BCUT2D eigenvalue weighted by molar-refractivity contribution is 0.774. The van der Waals surface area contributed by atoms with Gasteiger partial charge in [-0.05, 0) is 35.9 Å². The highest BCUT2D eigenvalue weighted by molar-refractivity contribution is 7.99. The molecule has 3 heteroatoms. The molecule has 0 amide bonds. The zero-order valence-electron chi connectivity index (χ0n) is 12.4. The van der Waals surface area contributed by atoms with Gasteiger partial charge in [-0.2, -0.15) is 0 Å². The minimum Gasteiger partial charge on any atom is -0.366 e. The summed E-state index contributed by atoms with van der Waals surface area (Å²) in [5, 5.41) is 1.22. The van der Waals surface area contributed by atoms with E-state index in [1.165, 1.54) is 33.7 Å². The summed E-state index contributed by atoms with van der Waals surface area (Å²) in [7, 11) is 0. The Hall–Kier alpha value is -2.00. The second-order valence-corrected chi connectivity index (χ2v) is 6.72. The number of hydrogen-bond acceptors (Lipinski definition) is 3. The van der Waals surface area contributed by atoms with Gasteiger partial charge in [-0.25, -0.2) is 0 Å². The van der Waals surface area contributed by atoms with Crippen LogP contribution < -0.4 is 4.90 Å². The largest absolute Gasteiger partial charge is 0.366 e. The number of anilines is 1. The summed E-state index contributed by atoms with van der Waals surface area (Å²) in [4.78, 5) is 8.49. The maximum Gasteiger partial charge on any atom is 0.0751 e. The Kier molecular flexibility index (Phi) is 3.73. The quantitative estimate of drug-likeness (QED) is 0.680. The molecule has 0 N–H and O–H groups in total. The summed E-state index contributed by atoms with van der Waals surface area (Å²) in [6.07, 6.45) is 3.11. The highest BCUT2D eigenvalue weighted by Gasteiger charge is 2.16. The number of thioether (sulfide) groups is 1. The van der Waals surface area contributed by atoms with Gasteiger partial charge in [0.1, 0.15) is 0 Å². The summed E-state index contributed by atoms with van der Waals surface area (Å²) in [5.41, 5.74) is 3.79. The highest BCUT2D eigenvalue weighted by Crippen LogP contribution is 2.34. The molecular formula is C19H18N2S. The number of pyridine rings is 1. The van der Waals surface area contributed by atoms with Crippen molar-refractivity contribution in [3.63, 3.8) is 0 Å². The van der Waals surface area contributed by atoms with Crippen molar-refractivity contribution < 1.29 is 0 Å². The fourth-order valence-corrected chi connectivity index (χ4v) is 4.08. The third-order valence-electron chi connectivity index (χ3n) is 4.11. The lowest BCUT2D eigenvalue weighted by Gasteiger charge is -2.25. The first-order valence-corrected chi connectivity index (χ1v) is 8.70. The Morgan fingerprint density at radius 1 is 1.00 bits per heavy atom. The fourth-order valence-electron chi connectivity index (χ4n) is 3.06. The number of aromatic nitrogens is 1. The summed E-state index contributed by atoms with van der Waals surface area (Å²) < 4.78 is 0. The van der Waals surface area contributed by atoms with Crippen molar-refractivity contribution in [1.82, 2.24) is 4.98 Å². The van der Waals surface area contributed by atoms with Crippen molar-refractivity contribution >= 4 is 28.4 Å². The monoisotopic (exact) mass is 306 g/mol. The Bertz CT molecular complexity index is 795. The molecule has 0 unspecified atom stereocenters. The van der Waals surface area contributed by atoms with Crippen LogP contribution in [0, 0.1) is 0 Å². The molecule has 0 aliphatic carbocycles. The van der Waals surface area contributed by atoms with Crippen molar-refractivity contribution in [2.45, 2.75) is 17.9 Å². The van der Waals surface area contributed by atoms with Gasteiger partial charge in [0.15, 0.2) is 0 Å². The van der Waals surface area contributed by atoms with Gasteiger partial charge in [-0.3, -0.25) is 4.98 Å². The van der Waals surface area contributed by atoms with Gasteiger partial charge >= 0.3 is 0 Å². The standard InChI is InChI=1S/C19H18N2S/c1-2-10-18-17(9-1)21(12-5-13-22-18)14-16-7-3-6-15-8-4-11-20-19(15)16/h1-4,6-11H,5,12-14H2. The van der Waals surface area contributed by atoms with Crippen LogP contribution in [0.5, 0.6) is 0 Å². The van der Waals surface area contributed by atoms with Crippen molar-refractivity contribution in [1.29, 1.82) is 0 Å². The van der Waals surface area contributed by atoms with Gasteiger partial charge in [0.2, 0.25) is 0 Å². The van der Waals surface area contributed by atoms with Crippen molar-refractivity contribution in [2.75, 3.05) is 17.2 Å². The molecule has 110 valence electrons. The maximum absolute atomic E-state index is 4.59. The number of para-hydroxylation sites is 2. The molecule has 0 bridgehead atoms. The zero-order valence-corrected chi connectivity index (χ0v) is 13.2. The number of benzene rings is 2. The molecule has 0 saturated carbocycles. The second-order valence-electron chi connectivity index (χ2n) is 5.58. The third-order valence-corrected chi connectivity index (χ3v) is 5.26. The predicted octanol–water partition coefficient (Wildman–Crippen LogP) is 4.74. The molecule has 3 aromatic rings. The Balaban J connectivity index is 1.73. The van der Waals surface area contributed by atoms with Gasteiger partial charge in [0, 0.05) is 29.6 Å². The number of rotatable bonds is 2. The van der Waals surface area contributed by atoms with Gasteiger partial charge in [-0.1, -0.05) is 36.4 Å². The minimum atomic E-state index is 0.923. The van der Waals surface area contributed by atoms with Crippen LogP contribution in [0.1, 0.15) is 12.0 Å². The van der Waals surface area contributed by atoms with Crippen molar-refractivity contribution in [3.8, 4) is 0 Å². The molecule has 4 rings (SSSR count). The molecule has 0 fully saturated rings. The third kappa shape index (κ3) is 2.57. The van der Waals surface area contributed by atoms with E-state index in [2.05, 4.69) is 58.4 Å². The maximum atomic E-state index is 4.59. The van der Waals surface area contributed by atoms with Crippen LogP contribution in [0.15, 0.2) is 65.7 Å². The molecule has 1 aromatic heterocycles. The Morgan fingerprint density at radius 2 is 1.91 bits per heavy atom. The van der Waals surface area contributed by atoms with Crippen molar-refractivity contribution in [2.24, 2.45) is 0 Å². The second kappa shape index (κ2) is 6.01. The number of nitrogens with zero attached hydrogens (tertiary/aromatic N) is 2. The molecule has 2 nitrogen and oxygen atoms in total. The molecule has 22 heavy (non-hydrogen) atoms. The average molecular weight is 306 g/mol. The van der Waals surface area contributed by atoms with Crippen LogP contribution in [0.3, 0.4) is 0 Å². The van der Waals surface area contributed by atoms with Crippen LogP contribution >= 0.6 is 11.8 Å². The first-order chi connectivity index (χ1) is 10.9. The Morgan fingerprint density at radius 3 is 2.91 bits per heavy atom. The molecule has 2 heterocycles. The minimum absolute atomic E-state index is 0.923. The van der Waals surface area contributed by atoms with E-state index < -0.39 is 0 Å². The first kappa shape index (κ1) is 13.6. The average Bonchev–Trinajstić information content (AvgIpc) is 2.78. The molecule has 0 spiro atoms. The Labute approximate surface area is 135 Å². The van der Waals surface area contributed by atoms with Gasteiger partial charge < -0.3 is 4.90 Å². The molecule has 1 aliphatic heterocycles. The van der Waals surface area contributed by atoms with E-state index in [0.29, 0.717) is 0 Å². The van der Waals surface area contributed by atoms with E-state index in [-0.39, 0.29) is 0 Å². The molecule has 0 radical (unpaired) electrons. The van der Waals surface area contributed by atoms with Crippen LogP contribution in [0.25, 0.3) is 10.9 Å². The molecule has 2 aromatic carbocycles. The predicted molar refractivity (Wildman–Crippen MR) is 94.6 cm³/mol. The van der Waals surface area contributed by atoms with Gasteiger partial charge in [0.25, 0.3) is 0 Å². The molecular weight excluding hydrogens is 288 g/mol. The highest BCUT2D eigenvalue weighted by atomic mass is 32.2. The van der Waals surface area contributed by atoms with E-state index in [1.54, 1.807) is 0 Å². The van der Waals surface area contributed by atoms with E-state index in [9.17, 15) is 0 Å². The van der Waals surface area contributed by atoms with Crippen molar-refractivity contribution in [3.05, 3.63) is 66.4 Å². The van der Waals surface area contributed by atoms with Gasteiger partial charge in [0.05, 0.1) is 11.2 Å². The number of hydrogen-bond donors (Lipinski definition) is 0. The zero-order chi connectivity index (χ0) is 14.8. The van der Waals surface area contributed by atoms with E-state index in [4.69, 9.17) is 0 Å². The normalized spacial score (nSPS) is 14.6. The topological polar surface area (TPSA) is 16.1 Å². The van der Waals surface area contributed by atoms with Crippen LogP contribution in [-0.2, 0) is 6.54 Å². The number of fused-ring (bicyclic) bond motifs is 2. The molecule has 0 saturated heterocycles. The summed E-state index contributed by atoms with van der Waals surface area (Å²) in [6, 6.07) is 19.4. The SMILES string of the molecule is c1ccc2c(c1)SCCCN2Cc1cccc2cccnc12. The lowest BCUT2D eigenvalue weighted by atomic mass is 10.1. The summed E-state index contributed by atoms with van der Waals surface area (Å²) in [6.45, 7) is 2.03. The molecule has 0 atom stereocenters. The van der Waals surface area contributed by atoms with Crippen LogP contribution in [0.2, 0.25) is 0 Å². The first-order valence-electron chi connectivity index (χ1n) is 7.71. The summed E-state index contributed by atoms with van der Waals surface area (Å²) >= 11 is 1.97. The van der Waals surface area contributed by atoms with Crippen LogP contribution in [0.4, 0.5) is 5.69 Å². The lowest BCUT2D eigenvalue weighted by Crippen LogP contribution is -2.23. The molecule has 1 aliphatic rings. The smallest absolute Gasteiger partial charge is 0.0751 e. The summed E-state index contributed by atoms with van der Waals surface area (Å²) in [5.74, 6) is 1.20. The van der Waals surface area contributed by atoms with Gasteiger partial charge in [-0.15, -0.1) is 11.8 Å². The van der Waals surface area contributed by atoms with E-state index >= 15 is 0 Å². The van der Waals surface area contributed by atoms with Crippen LogP contribution in [-0.4, -0.2) is 17.3 Å². The van der Waals surface area contributed by atoms with E-state index in [0.717, 1.165) is 18.6 Å². The van der Waals surface area contributed by atoms with E-state index in [1.807, 2.05) is 24.0 Å². The fraction of sp³-hybridized carbons (Fsp3) is 0.211.